The van der Waals surface area contributed by atoms with E-state index in [1.54, 1.807) is 12.1 Å². The Balaban J connectivity index is 1.93. The van der Waals surface area contributed by atoms with Crippen LogP contribution in [0.25, 0.3) is 6.08 Å². The number of rotatable bonds is 3. The summed E-state index contributed by atoms with van der Waals surface area (Å²) >= 11 is 0. The van der Waals surface area contributed by atoms with Crippen LogP contribution in [-0.2, 0) is 4.79 Å². The predicted molar refractivity (Wildman–Crippen MR) is 79.8 cm³/mol. The van der Waals surface area contributed by atoms with Crippen molar-refractivity contribution in [3.8, 4) is 6.07 Å². The zero-order valence-electron chi connectivity index (χ0n) is 11.6. The van der Waals surface area contributed by atoms with Crippen LogP contribution in [-0.4, -0.2) is 11.9 Å². The van der Waals surface area contributed by atoms with E-state index >= 15 is 0 Å². The summed E-state index contributed by atoms with van der Waals surface area (Å²) < 4.78 is 0. The SMILES string of the molecule is N#Cc1ccccc1/C=C/C(=O)NC1CCCCCC1. The Morgan fingerprint density at radius 2 is 1.90 bits per heavy atom. The summed E-state index contributed by atoms with van der Waals surface area (Å²) in [5, 5.41) is 12.0. The summed E-state index contributed by atoms with van der Waals surface area (Å²) in [4.78, 5) is 11.9. The van der Waals surface area contributed by atoms with Crippen LogP contribution in [0.3, 0.4) is 0 Å². The lowest BCUT2D eigenvalue weighted by atomic mass is 10.1. The maximum atomic E-state index is 11.9. The van der Waals surface area contributed by atoms with Crippen LogP contribution in [0.2, 0.25) is 0 Å². The Morgan fingerprint density at radius 1 is 1.20 bits per heavy atom. The van der Waals surface area contributed by atoms with Gasteiger partial charge in [0.1, 0.15) is 0 Å². The second-order valence-corrected chi connectivity index (χ2v) is 5.23. The lowest BCUT2D eigenvalue weighted by Gasteiger charge is -2.14. The molecule has 20 heavy (non-hydrogen) atoms. The van der Waals surface area contributed by atoms with E-state index in [0.717, 1.165) is 18.4 Å². The zero-order valence-corrected chi connectivity index (χ0v) is 11.6. The Kier molecular flexibility index (Phi) is 5.37. The lowest BCUT2D eigenvalue weighted by molar-refractivity contribution is -0.117. The van der Waals surface area contributed by atoms with E-state index in [-0.39, 0.29) is 5.91 Å². The highest BCUT2D eigenvalue weighted by Crippen LogP contribution is 2.17. The monoisotopic (exact) mass is 268 g/mol. The number of carbonyl (C=O) groups excluding carboxylic acids is 1. The van der Waals surface area contributed by atoms with Gasteiger partial charge in [-0.15, -0.1) is 0 Å². The fourth-order valence-corrected chi connectivity index (χ4v) is 2.58. The van der Waals surface area contributed by atoms with Crippen LogP contribution in [0.5, 0.6) is 0 Å². The highest BCUT2D eigenvalue weighted by atomic mass is 16.1. The van der Waals surface area contributed by atoms with Gasteiger partial charge in [-0.05, 0) is 30.5 Å². The number of benzene rings is 1. The van der Waals surface area contributed by atoms with Gasteiger partial charge in [-0.3, -0.25) is 4.79 Å². The van der Waals surface area contributed by atoms with Crippen molar-refractivity contribution in [3.63, 3.8) is 0 Å². The molecule has 0 atom stereocenters. The molecule has 1 aromatic rings. The van der Waals surface area contributed by atoms with Gasteiger partial charge in [0, 0.05) is 12.1 Å². The number of hydrogen-bond donors (Lipinski definition) is 1. The minimum Gasteiger partial charge on any atom is -0.350 e. The third kappa shape index (κ3) is 4.24. The average molecular weight is 268 g/mol. The van der Waals surface area contributed by atoms with E-state index in [1.807, 2.05) is 18.2 Å². The second-order valence-electron chi connectivity index (χ2n) is 5.23. The highest BCUT2D eigenvalue weighted by Gasteiger charge is 2.13. The lowest BCUT2D eigenvalue weighted by Crippen LogP contribution is -2.33. The molecule has 0 unspecified atom stereocenters. The third-order valence-corrected chi connectivity index (χ3v) is 3.70. The van der Waals surface area contributed by atoms with Gasteiger partial charge < -0.3 is 5.32 Å². The van der Waals surface area contributed by atoms with Gasteiger partial charge in [0.2, 0.25) is 5.91 Å². The van der Waals surface area contributed by atoms with Gasteiger partial charge in [-0.1, -0.05) is 43.9 Å². The highest BCUT2D eigenvalue weighted by molar-refractivity contribution is 5.92. The molecule has 1 amide bonds. The van der Waals surface area contributed by atoms with Gasteiger partial charge in [0.15, 0.2) is 0 Å². The molecule has 1 aliphatic rings. The smallest absolute Gasteiger partial charge is 0.244 e. The first kappa shape index (κ1) is 14.3. The Hall–Kier alpha value is -2.08. The summed E-state index contributed by atoms with van der Waals surface area (Å²) in [6.45, 7) is 0. The van der Waals surface area contributed by atoms with Crippen molar-refractivity contribution in [2.45, 2.75) is 44.6 Å². The van der Waals surface area contributed by atoms with Crippen molar-refractivity contribution < 1.29 is 4.79 Å². The quantitative estimate of drug-likeness (QED) is 0.674. The third-order valence-electron chi connectivity index (χ3n) is 3.70. The summed E-state index contributed by atoms with van der Waals surface area (Å²) in [7, 11) is 0. The molecule has 0 spiro atoms. The van der Waals surface area contributed by atoms with Crippen molar-refractivity contribution in [1.29, 1.82) is 5.26 Å². The summed E-state index contributed by atoms with van der Waals surface area (Å²) in [6.07, 6.45) is 10.3. The van der Waals surface area contributed by atoms with Crippen LogP contribution < -0.4 is 5.32 Å². The Labute approximate surface area is 120 Å². The molecule has 1 fully saturated rings. The summed E-state index contributed by atoms with van der Waals surface area (Å²) in [5.74, 6) is -0.0651. The summed E-state index contributed by atoms with van der Waals surface area (Å²) in [5.41, 5.74) is 1.37. The van der Waals surface area contributed by atoms with E-state index in [9.17, 15) is 4.79 Å². The summed E-state index contributed by atoms with van der Waals surface area (Å²) in [6, 6.07) is 9.71. The molecule has 104 valence electrons. The first-order chi connectivity index (χ1) is 9.79. The van der Waals surface area contributed by atoms with Crippen LogP contribution >= 0.6 is 0 Å². The fraction of sp³-hybridized carbons (Fsp3) is 0.412. The largest absolute Gasteiger partial charge is 0.350 e. The van der Waals surface area contributed by atoms with Crippen molar-refractivity contribution in [2.24, 2.45) is 0 Å². The van der Waals surface area contributed by atoms with E-state index in [2.05, 4.69) is 11.4 Å². The minimum atomic E-state index is -0.0651. The number of hydrogen-bond acceptors (Lipinski definition) is 2. The molecule has 1 N–H and O–H groups in total. The van der Waals surface area contributed by atoms with E-state index < -0.39 is 0 Å². The molecule has 2 rings (SSSR count). The molecule has 0 heterocycles. The van der Waals surface area contributed by atoms with Crippen molar-refractivity contribution in [1.82, 2.24) is 5.32 Å². The fourth-order valence-electron chi connectivity index (χ4n) is 2.58. The topological polar surface area (TPSA) is 52.9 Å². The first-order valence-electron chi connectivity index (χ1n) is 7.27. The van der Waals surface area contributed by atoms with Crippen molar-refractivity contribution >= 4 is 12.0 Å². The maximum absolute atomic E-state index is 11.9. The van der Waals surface area contributed by atoms with Gasteiger partial charge in [0.05, 0.1) is 11.6 Å². The molecule has 0 aromatic heterocycles. The molecule has 1 aliphatic carbocycles. The Bertz CT molecular complexity index is 520. The predicted octanol–water partition coefficient (Wildman–Crippen LogP) is 3.41. The van der Waals surface area contributed by atoms with Gasteiger partial charge in [-0.25, -0.2) is 0 Å². The molecule has 0 radical (unpaired) electrons. The maximum Gasteiger partial charge on any atom is 0.244 e. The molecular formula is C17H20N2O. The van der Waals surface area contributed by atoms with Gasteiger partial charge in [0.25, 0.3) is 0 Å². The van der Waals surface area contributed by atoms with Gasteiger partial charge in [-0.2, -0.15) is 5.26 Å². The normalized spacial score (nSPS) is 16.6. The number of carbonyl (C=O) groups is 1. The van der Waals surface area contributed by atoms with Gasteiger partial charge >= 0.3 is 0 Å². The molecule has 3 nitrogen and oxygen atoms in total. The molecule has 3 heteroatoms. The molecule has 0 bridgehead atoms. The number of nitrogens with zero attached hydrogens (tertiary/aromatic N) is 1. The van der Waals surface area contributed by atoms with E-state index in [4.69, 9.17) is 5.26 Å². The minimum absolute atomic E-state index is 0.0651. The van der Waals surface area contributed by atoms with Crippen LogP contribution in [0.1, 0.15) is 49.7 Å². The number of nitrogens with one attached hydrogen (secondary N) is 1. The number of amides is 1. The van der Waals surface area contributed by atoms with Crippen molar-refractivity contribution in [3.05, 3.63) is 41.5 Å². The molecule has 0 aliphatic heterocycles. The first-order valence-corrected chi connectivity index (χ1v) is 7.27. The molecular weight excluding hydrogens is 248 g/mol. The van der Waals surface area contributed by atoms with Crippen molar-refractivity contribution in [2.75, 3.05) is 0 Å². The Morgan fingerprint density at radius 3 is 2.60 bits per heavy atom. The van der Waals surface area contributed by atoms with Crippen LogP contribution in [0, 0.1) is 11.3 Å². The van der Waals surface area contributed by atoms with Crippen LogP contribution in [0.15, 0.2) is 30.3 Å². The molecule has 1 aromatic carbocycles. The number of nitriles is 1. The molecule has 1 saturated carbocycles. The standard InChI is InChI=1S/C17H20N2O/c18-13-15-8-6-5-7-14(15)11-12-17(20)19-16-9-3-1-2-4-10-16/h5-8,11-12,16H,1-4,9-10H2,(H,19,20)/b12-11+. The van der Waals surface area contributed by atoms with E-state index in [0.29, 0.717) is 11.6 Å². The average Bonchev–Trinajstić information content (AvgIpc) is 2.74. The molecule has 0 saturated heterocycles. The van der Waals surface area contributed by atoms with E-state index in [1.165, 1.54) is 31.8 Å². The second kappa shape index (κ2) is 7.49. The van der Waals surface area contributed by atoms with Crippen LogP contribution in [0.4, 0.5) is 0 Å². The zero-order chi connectivity index (χ0) is 14.2.